The van der Waals surface area contributed by atoms with Crippen molar-refractivity contribution in [3.63, 3.8) is 0 Å². The Kier molecular flexibility index (Phi) is 3.74. The van der Waals surface area contributed by atoms with Crippen LogP contribution in [0.1, 0.15) is 23.1 Å². The lowest BCUT2D eigenvalue weighted by Gasteiger charge is -2.21. The molecule has 0 aromatic heterocycles. The van der Waals surface area contributed by atoms with Crippen LogP contribution in [0.4, 0.5) is 15.8 Å². The monoisotopic (exact) mass is 281 g/mol. The molecule has 21 heavy (non-hydrogen) atoms. The fraction of sp³-hybridized carbons (Fsp3) is 0.235. The first-order valence-electron chi connectivity index (χ1n) is 7.06. The molecule has 2 aromatic rings. The Morgan fingerprint density at radius 3 is 3.05 bits per heavy atom. The van der Waals surface area contributed by atoms with Gasteiger partial charge >= 0.3 is 0 Å². The van der Waals surface area contributed by atoms with Gasteiger partial charge in [0, 0.05) is 24.5 Å². The number of aryl methyl sites for hydroxylation is 1. The quantitative estimate of drug-likeness (QED) is 0.902. The average Bonchev–Trinajstić information content (AvgIpc) is 2.54. The Hall–Kier alpha value is -2.54. The van der Waals surface area contributed by atoms with E-state index in [2.05, 4.69) is 28.8 Å². The van der Waals surface area contributed by atoms with Crippen molar-refractivity contribution in [3.8, 4) is 6.07 Å². The number of halogens is 1. The summed E-state index contributed by atoms with van der Waals surface area (Å²) in [4.78, 5) is 0. The van der Waals surface area contributed by atoms with E-state index >= 15 is 0 Å². The first-order valence-corrected chi connectivity index (χ1v) is 7.06. The summed E-state index contributed by atoms with van der Waals surface area (Å²) in [7, 11) is 0. The lowest BCUT2D eigenvalue weighted by molar-refractivity contribution is 0.624. The van der Waals surface area contributed by atoms with E-state index in [0.717, 1.165) is 25.1 Å². The van der Waals surface area contributed by atoms with Crippen molar-refractivity contribution in [1.29, 1.82) is 5.26 Å². The summed E-state index contributed by atoms with van der Waals surface area (Å²) in [5, 5.41) is 15.6. The van der Waals surface area contributed by atoms with E-state index in [9.17, 15) is 4.39 Å². The van der Waals surface area contributed by atoms with Crippen molar-refractivity contribution in [2.24, 2.45) is 0 Å². The molecule has 4 heteroatoms. The Morgan fingerprint density at radius 2 is 2.19 bits per heavy atom. The van der Waals surface area contributed by atoms with E-state index in [0.29, 0.717) is 6.54 Å². The number of fused-ring (bicyclic) bond motifs is 1. The van der Waals surface area contributed by atoms with Gasteiger partial charge in [0.15, 0.2) is 0 Å². The Morgan fingerprint density at radius 1 is 1.29 bits per heavy atom. The molecule has 2 N–H and O–H groups in total. The van der Waals surface area contributed by atoms with Crippen LogP contribution in [0.25, 0.3) is 0 Å². The molecule has 0 saturated heterocycles. The number of rotatable bonds is 3. The lowest BCUT2D eigenvalue weighted by Crippen LogP contribution is -2.15. The molecule has 0 spiro atoms. The predicted octanol–water partition coefficient (Wildman–Crippen LogP) is 3.67. The molecule has 2 aromatic carbocycles. The molecule has 0 fully saturated rings. The number of hydrogen-bond donors (Lipinski definition) is 2. The van der Waals surface area contributed by atoms with E-state index < -0.39 is 5.82 Å². The van der Waals surface area contributed by atoms with Gasteiger partial charge in [0.05, 0.1) is 5.56 Å². The minimum absolute atomic E-state index is 0.0632. The van der Waals surface area contributed by atoms with Gasteiger partial charge in [-0.15, -0.1) is 0 Å². The molecular weight excluding hydrogens is 265 g/mol. The van der Waals surface area contributed by atoms with Gasteiger partial charge in [-0.3, -0.25) is 0 Å². The van der Waals surface area contributed by atoms with Crippen molar-refractivity contribution in [2.75, 3.05) is 17.2 Å². The van der Waals surface area contributed by atoms with Crippen LogP contribution in [-0.4, -0.2) is 6.54 Å². The number of nitrogens with one attached hydrogen (secondary N) is 2. The highest BCUT2D eigenvalue weighted by Gasteiger charge is 2.12. The van der Waals surface area contributed by atoms with Crippen molar-refractivity contribution in [1.82, 2.24) is 0 Å². The van der Waals surface area contributed by atoms with Crippen LogP contribution >= 0.6 is 0 Å². The summed E-state index contributed by atoms with van der Waals surface area (Å²) < 4.78 is 13.3. The Bertz CT molecular complexity index is 704. The zero-order valence-electron chi connectivity index (χ0n) is 11.6. The Labute approximate surface area is 123 Å². The smallest absolute Gasteiger partial charge is 0.141 e. The second-order valence-corrected chi connectivity index (χ2v) is 5.14. The summed E-state index contributed by atoms with van der Waals surface area (Å²) in [5.41, 5.74) is 4.56. The lowest BCUT2D eigenvalue weighted by atomic mass is 9.99. The van der Waals surface area contributed by atoms with E-state index in [4.69, 9.17) is 5.26 Å². The van der Waals surface area contributed by atoms with Crippen molar-refractivity contribution in [3.05, 3.63) is 58.9 Å². The summed E-state index contributed by atoms with van der Waals surface area (Å²) in [5.74, 6) is -0.484. The van der Waals surface area contributed by atoms with Gasteiger partial charge in [-0.05, 0) is 42.2 Å². The molecule has 0 radical (unpaired) electrons. The maximum atomic E-state index is 13.3. The van der Waals surface area contributed by atoms with E-state index in [-0.39, 0.29) is 5.56 Å². The first kappa shape index (κ1) is 13.4. The third kappa shape index (κ3) is 2.82. The molecule has 0 bridgehead atoms. The molecule has 3 nitrogen and oxygen atoms in total. The topological polar surface area (TPSA) is 47.9 Å². The predicted molar refractivity (Wildman–Crippen MR) is 81.7 cm³/mol. The minimum Gasteiger partial charge on any atom is -0.385 e. The number of benzene rings is 2. The molecule has 1 heterocycles. The second kappa shape index (κ2) is 5.84. The zero-order chi connectivity index (χ0) is 14.7. The normalized spacial score (nSPS) is 13.0. The second-order valence-electron chi connectivity index (χ2n) is 5.14. The standard InChI is InChI=1S/C17H16FN3/c18-16-7-6-15(9-14(16)10-19)21-11-13-4-1-3-12-5-2-8-20-17(12)13/h1,3-4,6-7,9,20-21H,2,5,8,11H2. The first-order chi connectivity index (χ1) is 10.3. The molecule has 1 aliphatic rings. The zero-order valence-corrected chi connectivity index (χ0v) is 11.6. The van der Waals surface area contributed by atoms with Crippen molar-refractivity contribution < 1.29 is 4.39 Å². The van der Waals surface area contributed by atoms with Crippen LogP contribution in [0.15, 0.2) is 36.4 Å². The fourth-order valence-electron chi connectivity index (χ4n) is 2.65. The van der Waals surface area contributed by atoms with E-state index in [1.165, 1.54) is 28.9 Å². The number of para-hydroxylation sites is 1. The number of nitrogens with zero attached hydrogens (tertiary/aromatic N) is 1. The van der Waals surface area contributed by atoms with Gasteiger partial charge in [-0.2, -0.15) is 5.26 Å². The van der Waals surface area contributed by atoms with Crippen LogP contribution < -0.4 is 10.6 Å². The third-order valence-corrected chi connectivity index (χ3v) is 3.73. The van der Waals surface area contributed by atoms with Gasteiger partial charge in [-0.1, -0.05) is 18.2 Å². The maximum Gasteiger partial charge on any atom is 0.141 e. The number of nitriles is 1. The largest absolute Gasteiger partial charge is 0.385 e. The molecule has 0 amide bonds. The molecule has 106 valence electrons. The van der Waals surface area contributed by atoms with E-state index in [1.54, 1.807) is 6.07 Å². The highest BCUT2D eigenvalue weighted by Crippen LogP contribution is 2.26. The van der Waals surface area contributed by atoms with Crippen LogP contribution in [0.5, 0.6) is 0 Å². The fourth-order valence-corrected chi connectivity index (χ4v) is 2.65. The van der Waals surface area contributed by atoms with Gasteiger partial charge in [-0.25, -0.2) is 4.39 Å². The van der Waals surface area contributed by atoms with Crippen molar-refractivity contribution >= 4 is 11.4 Å². The Balaban J connectivity index is 1.78. The molecule has 1 aliphatic heterocycles. The van der Waals surface area contributed by atoms with Gasteiger partial charge in [0.1, 0.15) is 11.9 Å². The maximum absolute atomic E-state index is 13.3. The van der Waals surface area contributed by atoms with Crippen LogP contribution in [0.3, 0.4) is 0 Å². The summed E-state index contributed by atoms with van der Waals surface area (Å²) in [6, 6.07) is 12.7. The molecule has 0 saturated carbocycles. The van der Waals surface area contributed by atoms with Gasteiger partial charge in [0.2, 0.25) is 0 Å². The molecule has 0 aliphatic carbocycles. The summed E-state index contributed by atoms with van der Waals surface area (Å²) in [6.45, 7) is 1.64. The van der Waals surface area contributed by atoms with Gasteiger partial charge < -0.3 is 10.6 Å². The van der Waals surface area contributed by atoms with E-state index in [1.807, 2.05) is 6.07 Å². The number of hydrogen-bond acceptors (Lipinski definition) is 3. The molecule has 0 unspecified atom stereocenters. The molecule has 0 atom stereocenters. The third-order valence-electron chi connectivity index (χ3n) is 3.73. The highest BCUT2D eigenvalue weighted by atomic mass is 19.1. The number of anilines is 2. The summed E-state index contributed by atoms with van der Waals surface area (Å²) in [6.07, 6.45) is 2.26. The molecular formula is C17H16FN3. The van der Waals surface area contributed by atoms with Crippen LogP contribution in [0.2, 0.25) is 0 Å². The van der Waals surface area contributed by atoms with Crippen molar-refractivity contribution in [2.45, 2.75) is 19.4 Å². The minimum atomic E-state index is -0.484. The summed E-state index contributed by atoms with van der Waals surface area (Å²) >= 11 is 0. The highest BCUT2D eigenvalue weighted by molar-refractivity contribution is 5.60. The van der Waals surface area contributed by atoms with Crippen LogP contribution in [0, 0.1) is 17.1 Å². The van der Waals surface area contributed by atoms with Crippen LogP contribution in [-0.2, 0) is 13.0 Å². The molecule has 3 rings (SSSR count). The van der Waals surface area contributed by atoms with Gasteiger partial charge in [0.25, 0.3) is 0 Å². The average molecular weight is 281 g/mol. The SMILES string of the molecule is N#Cc1cc(NCc2cccc3c2NCCC3)ccc1F.